The van der Waals surface area contributed by atoms with E-state index < -0.39 is 0 Å². The first kappa shape index (κ1) is 23.1. The molecule has 0 unspecified atom stereocenters. The maximum Gasteiger partial charge on any atom is 0.261 e. The number of methoxy groups -OCH3 is 1. The average molecular weight is 481 g/mol. The molecule has 1 amide bonds. The van der Waals surface area contributed by atoms with Crippen LogP contribution in [0, 0.1) is 0 Å². The van der Waals surface area contributed by atoms with E-state index in [4.69, 9.17) is 26.4 Å². The summed E-state index contributed by atoms with van der Waals surface area (Å²) in [5.74, 6) is 0.835. The number of ether oxygens (including phenoxy) is 3. The van der Waals surface area contributed by atoms with Crippen LogP contribution in [-0.2, 0) is 4.74 Å². The molecular formula is C21H25BrN2O4S. The average Bonchev–Trinajstić information content (AvgIpc) is 2.69. The minimum absolute atomic E-state index is 0.184. The third-order valence-electron chi connectivity index (χ3n) is 3.82. The van der Waals surface area contributed by atoms with Crippen LogP contribution >= 0.6 is 28.1 Å². The van der Waals surface area contributed by atoms with Crippen LogP contribution in [-0.4, -0.2) is 38.0 Å². The molecule has 2 aromatic rings. The van der Waals surface area contributed by atoms with Crippen LogP contribution in [0.5, 0.6) is 11.5 Å². The molecule has 29 heavy (non-hydrogen) atoms. The van der Waals surface area contributed by atoms with E-state index in [0.29, 0.717) is 31.1 Å². The van der Waals surface area contributed by atoms with Gasteiger partial charge in [-0.25, -0.2) is 0 Å². The molecule has 2 aromatic carbocycles. The van der Waals surface area contributed by atoms with Gasteiger partial charge >= 0.3 is 0 Å². The highest BCUT2D eigenvalue weighted by atomic mass is 79.9. The smallest absolute Gasteiger partial charge is 0.261 e. The monoisotopic (exact) mass is 480 g/mol. The van der Waals surface area contributed by atoms with E-state index in [2.05, 4.69) is 33.5 Å². The van der Waals surface area contributed by atoms with Crippen molar-refractivity contribution in [3.8, 4) is 11.5 Å². The molecule has 0 atom stereocenters. The molecule has 0 aliphatic carbocycles. The molecule has 0 saturated carbocycles. The molecule has 0 radical (unpaired) electrons. The van der Waals surface area contributed by atoms with Crippen molar-refractivity contribution >= 4 is 44.9 Å². The van der Waals surface area contributed by atoms with Crippen molar-refractivity contribution in [2.24, 2.45) is 0 Å². The Kier molecular flexibility index (Phi) is 9.90. The number of carbonyl (C=O) groups excluding carboxylic acids is 1. The fourth-order valence-corrected chi connectivity index (χ4v) is 2.94. The fourth-order valence-electron chi connectivity index (χ4n) is 2.37. The number of halogens is 1. The topological polar surface area (TPSA) is 68.8 Å². The van der Waals surface area contributed by atoms with E-state index >= 15 is 0 Å². The number of carbonyl (C=O) groups is 1. The van der Waals surface area contributed by atoms with Gasteiger partial charge in [0.2, 0.25) is 0 Å². The number of unbranched alkanes of at least 4 members (excludes halogenated alkanes) is 1. The quantitative estimate of drug-likeness (QED) is 0.376. The summed E-state index contributed by atoms with van der Waals surface area (Å²) in [7, 11) is 1.59. The van der Waals surface area contributed by atoms with E-state index in [0.717, 1.165) is 28.8 Å². The lowest BCUT2D eigenvalue weighted by Gasteiger charge is -2.14. The minimum atomic E-state index is -0.369. The van der Waals surface area contributed by atoms with Gasteiger partial charge in [-0.3, -0.25) is 10.1 Å². The number of rotatable bonds is 10. The van der Waals surface area contributed by atoms with E-state index in [1.54, 1.807) is 25.3 Å². The molecule has 156 valence electrons. The minimum Gasteiger partial charge on any atom is -0.494 e. The van der Waals surface area contributed by atoms with Crippen LogP contribution < -0.4 is 20.1 Å². The van der Waals surface area contributed by atoms with Crippen molar-refractivity contribution in [3.05, 3.63) is 52.5 Å². The second-order valence-electron chi connectivity index (χ2n) is 6.12. The SMILES string of the molecule is CCCCOc1cccc(NC(=S)NC(=O)c2cc(Br)ccc2OCCOC)c1. The van der Waals surface area contributed by atoms with Crippen LogP contribution in [0.1, 0.15) is 30.1 Å². The van der Waals surface area contributed by atoms with Gasteiger partial charge in [-0.1, -0.05) is 35.3 Å². The predicted octanol–water partition coefficient (Wildman–Crippen LogP) is 4.78. The number of thiocarbonyl (C=S) groups is 1. The summed E-state index contributed by atoms with van der Waals surface area (Å²) in [5.41, 5.74) is 1.10. The Balaban J connectivity index is 1.99. The molecule has 0 bridgehead atoms. The summed E-state index contributed by atoms with van der Waals surface area (Å²) < 4.78 is 17.1. The molecule has 0 aromatic heterocycles. The Morgan fingerprint density at radius 2 is 1.93 bits per heavy atom. The van der Waals surface area contributed by atoms with E-state index in [9.17, 15) is 4.79 Å². The zero-order chi connectivity index (χ0) is 21.1. The second kappa shape index (κ2) is 12.4. The Bertz CT molecular complexity index is 832. The molecule has 0 fully saturated rings. The molecular weight excluding hydrogens is 456 g/mol. The van der Waals surface area contributed by atoms with Gasteiger partial charge in [0.1, 0.15) is 18.1 Å². The van der Waals surface area contributed by atoms with Crippen molar-refractivity contribution in [1.29, 1.82) is 0 Å². The van der Waals surface area contributed by atoms with Gasteiger partial charge in [0.15, 0.2) is 5.11 Å². The lowest BCUT2D eigenvalue weighted by atomic mass is 10.2. The van der Waals surface area contributed by atoms with Crippen LogP contribution in [0.3, 0.4) is 0 Å². The zero-order valence-electron chi connectivity index (χ0n) is 16.5. The van der Waals surface area contributed by atoms with Gasteiger partial charge in [0.05, 0.1) is 18.8 Å². The summed E-state index contributed by atoms with van der Waals surface area (Å²) in [4.78, 5) is 12.7. The van der Waals surface area contributed by atoms with E-state index in [1.165, 1.54) is 0 Å². The van der Waals surface area contributed by atoms with Crippen molar-refractivity contribution in [2.45, 2.75) is 19.8 Å². The van der Waals surface area contributed by atoms with Gasteiger partial charge in [-0.15, -0.1) is 0 Å². The lowest BCUT2D eigenvalue weighted by molar-refractivity contribution is 0.0969. The number of amides is 1. The molecule has 6 nitrogen and oxygen atoms in total. The summed E-state index contributed by atoms with van der Waals surface area (Å²) in [6.07, 6.45) is 2.06. The molecule has 0 saturated heterocycles. The van der Waals surface area contributed by atoms with Crippen LogP contribution in [0.2, 0.25) is 0 Å². The van der Waals surface area contributed by atoms with Crippen LogP contribution in [0.4, 0.5) is 5.69 Å². The third kappa shape index (κ3) is 8.00. The summed E-state index contributed by atoms with van der Waals surface area (Å²) in [6.45, 7) is 3.54. The van der Waals surface area contributed by atoms with Gasteiger partial charge in [0, 0.05) is 23.3 Å². The van der Waals surface area contributed by atoms with Crippen molar-refractivity contribution < 1.29 is 19.0 Å². The van der Waals surface area contributed by atoms with Crippen LogP contribution in [0.25, 0.3) is 0 Å². The number of nitrogens with one attached hydrogen (secondary N) is 2. The lowest BCUT2D eigenvalue weighted by Crippen LogP contribution is -2.34. The Morgan fingerprint density at radius 1 is 1.10 bits per heavy atom. The fraction of sp³-hybridized carbons (Fsp3) is 0.333. The highest BCUT2D eigenvalue weighted by molar-refractivity contribution is 9.10. The normalized spacial score (nSPS) is 10.3. The second-order valence-corrected chi connectivity index (χ2v) is 7.44. The van der Waals surface area contributed by atoms with E-state index in [-0.39, 0.29) is 11.0 Å². The van der Waals surface area contributed by atoms with Crippen LogP contribution in [0.15, 0.2) is 46.9 Å². The first-order valence-corrected chi connectivity index (χ1v) is 10.5. The summed E-state index contributed by atoms with van der Waals surface area (Å²) in [5, 5.41) is 5.87. The summed E-state index contributed by atoms with van der Waals surface area (Å²) >= 11 is 8.67. The van der Waals surface area contributed by atoms with Crippen molar-refractivity contribution in [2.75, 3.05) is 32.2 Å². The zero-order valence-corrected chi connectivity index (χ0v) is 18.9. The first-order chi connectivity index (χ1) is 14.0. The van der Waals surface area contributed by atoms with Gasteiger partial charge in [0.25, 0.3) is 5.91 Å². The number of anilines is 1. The van der Waals surface area contributed by atoms with Gasteiger partial charge in [-0.2, -0.15) is 0 Å². The van der Waals surface area contributed by atoms with E-state index in [1.807, 2.05) is 24.3 Å². The standard InChI is InChI=1S/C21H25BrN2O4S/c1-3-4-10-27-17-7-5-6-16(14-17)23-21(29)24-20(25)18-13-15(22)8-9-19(18)28-12-11-26-2/h5-9,13-14H,3-4,10-12H2,1-2H3,(H2,23,24,25,29). The van der Waals surface area contributed by atoms with Gasteiger partial charge in [-0.05, 0) is 49.0 Å². The predicted molar refractivity (Wildman–Crippen MR) is 122 cm³/mol. The Labute approximate surface area is 185 Å². The molecule has 0 heterocycles. The maximum atomic E-state index is 12.7. The highest BCUT2D eigenvalue weighted by Crippen LogP contribution is 2.23. The molecule has 8 heteroatoms. The molecule has 0 aliphatic rings. The Morgan fingerprint density at radius 3 is 2.69 bits per heavy atom. The number of hydrogen-bond donors (Lipinski definition) is 2. The number of hydrogen-bond acceptors (Lipinski definition) is 5. The largest absolute Gasteiger partial charge is 0.494 e. The third-order valence-corrected chi connectivity index (χ3v) is 4.51. The summed E-state index contributed by atoms with van der Waals surface area (Å²) in [6, 6.07) is 12.7. The number of benzene rings is 2. The maximum absolute atomic E-state index is 12.7. The van der Waals surface area contributed by atoms with Crippen molar-refractivity contribution in [1.82, 2.24) is 5.32 Å². The highest BCUT2D eigenvalue weighted by Gasteiger charge is 2.15. The molecule has 2 N–H and O–H groups in total. The Hall–Kier alpha value is -2.16. The first-order valence-electron chi connectivity index (χ1n) is 9.30. The molecule has 0 spiro atoms. The molecule has 2 rings (SSSR count). The van der Waals surface area contributed by atoms with Gasteiger partial charge < -0.3 is 19.5 Å². The van der Waals surface area contributed by atoms with Crippen molar-refractivity contribution in [3.63, 3.8) is 0 Å². The molecule has 0 aliphatic heterocycles.